The van der Waals surface area contributed by atoms with Gasteiger partial charge in [0.1, 0.15) is 0 Å². The van der Waals surface area contributed by atoms with Crippen LogP contribution in [0.2, 0.25) is 5.02 Å². The van der Waals surface area contributed by atoms with Gasteiger partial charge in [-0.3, -0.25) is 9.52 Å². The van der Waals surface area contributed by atoms with Gasteiger partial charge in [0.25, 0.3) is 15.9 Å². The van der Waals surface area contributed by atoms with Gasteiger partial charge < -0.3 is 9.64 Å². The first-order chi connectivity index (χ1) is 12.3. The number of carbonyl (C=O) groups excluding carboxylic acids is 1. The molecule has 1 amide bonds. The Kier molecular flexibility index (Phi) is 5.50. The van der Waals surface area contributed by atoms with E-state index in [1.807, 2.05) is 6.92 Å². The van der Waals surface area contributed by atoms with Crippen LogP contribution in [0.15, 0.2) is 53.4 Å². The van der Waals surface area contributed by atoms with Crippen LogP contribution in [0.25, 0.3) is 0 Å². The molecule has 1 fully saturated rings. The van der Waals surface area contributed by atoms with Crippen molar-refractivity contribution < 1.29 is 17.9 Å². The minimum absolute atomic E-state index is 0.0122. The Bertz CT molecular complexity index is 882. The van der Waals surface area contributed by atoms with E-state index in [0.29, 0.717) is 36.0 Å². The second-order valence-corrected chi connectivity index (χ2v) is 8.19. The molecule has 2 aromatic rings. The molecule has 3 rings (SSSR count). The van der Waals surface area contributed by atoms with E-state index in [-0.39, 0.29) is 16.9 Å². The van der Waals surface area contributed by atoms with Crippen LogP contribution in [0.5, 0.6) is 0 Å². The van der Waals surface area contributed by atoms with Gasteiger partial charge in [-0.2, -0.15) is 0 Å². The molecule has 0 saturated carbocycles. The fraction of sp³-hybridized carbons (Fsp3) is 0.278. The third-order valence-electron chi connectivity index (χ3n) is 4.04. The molecule has 0 radical (unpaired) electrons. The Morgan fingerprint density at radius 2 is 1.81 bits per heavy atom. The molecule has 138 valence electrons. The number of hydrogen-bond donors (Lipinski definition) is 1. The lowest BCUT2D eigenvalue weighted by molar-refractivity contribution is -0.0124. The number of rotatable bonds is 4. The van der Waals surface area contributed by atoms with Crippen molar-refractivity contribution in [3.8, 4) is 0 Å². The normalized spacial score (nSPS) is 17.8. The molecule has 1 aliphatic rings. The van der Waals surface area contributed by atoms with E-state index >= 15 is 0 Å². The van der Waals surface area contributed by atoms with Crippen molar-refractivity contribution in [2.24, 2.45) is 0 Å². The molecule has 8 heteroatoms. The van der Waals surface area contributed by atoms with Crippen LogP contribution in [0.3, 0.4) is 0 Å². The van der Waals surface area contributed by atoms with Crippen LogP contribution in [0, 0.1) is 0 Å². The molecular formula is C18H19ClN2O4S. The second-order valence-electron chi connectivity index (χ2n) is 6.07. The first kappa shape index (κ1) is 18.7. The predicted molar refractivity (Wildman–Crippen MR) is 100 cm³/mol. The third kappa shape index (κ3) is 4.35. The Hall–Kier alpha value is -2.09. The van der Waals surface area contributed by atoms with Crippen molar-refractivity contribution in [3.05, 3.63) is 59.1 Å². The van der Waals surface area contributed by atoms with E-state index in [4.69, 9.17) is 16.3 Å². The van der Waals surface area contributed by atoms with E-state index in [9.17, 15) is 13.2 Å². The zero-order valence-electron chi connectivity index (χ0n) is 14.2. The summed E-state index contributed by atoms with van der Waals surface area (Å²) in [6.07, 6.45) is 0.0122. The standard InChI is InChI=1S/C18H19ClN2O4S/c1-13-12-21(10-11-25-13)18(22)14-2-6-16(7-3-14)20-26(23,24)17-8-4-15(19)5-9-17/h2-9,13,20H,10-12H2,1H3. The lowest BCUT2D eigenvalue weighted by atomic mass is 10.1. The summed E-state index contributed by atoms with van der Waals surface area (Å²) in [6, 6.07) is 12.3. The van der Waals surface area contributed by atoms with Crippen LogP contribution in [0.4, 0.5) is 5.69 Å². The molecule has 26 heavy (non-hydrogen) atoms. The smallest absolute Gasteiger partial charge is 0.261 e. The molecule has 0 spiro atoms. The Labute approximate surface area is 157 Å². The van der Waals surface area contributed by atoms with Crippen LogP contribution < -0.4 is 4.72 Å². The monoisotopic (exact) mass is 394 g/mol. The maximum Gasteiger partial charge on any atom is 0.261 e. The largest absolute Gasteiger partial charge is 0.375 e. The highest BCUT2D eigenvalue weighted by Crippen LogP contribution is 2.19. The summed E-state index contributed by atoms with van der Waals surface area (Å²) >= 11 is 5.78. The number of sulfonamides is 1. The van der Waals surface area contributed by atoms with E-state index in [1.165, 1.54) is 24.3 Å². The fourth-order valence-corrected chi connectivity index (χ4v) is 3.88. The van der Waals surface area contributed by atoms with Gasteiger partial charge in [-0.1, -0.05) is 11.6 Å². The minimum atomic E-state index is -3.71. The van der Waals surface area contributed by atoms with Crippen LogP contribution >= 0.6 is 11.6 Å². The first-order valence-electron chi connectivity index (χ1n) is 8.14. The molecule has 1 atom stereocenters. The summed E-state index contributed by atoms with van der Waals surface area (Å²) in [6.45, 7) is 3.54. The molecule has 1 unspecified atom stereocenters. The number of anilines is 1. The van der Waals surface area contributed by atoms with Crippen LogP contribution in [-0.2, 0) is 14.8 Å². The van der Waals surface area contributed by atoms with Gasteiger partial charge in [-0.05, 0) is 55.5 Å². The van der Waals surface area contributed by atoms with E-state index in [0.717, 1.165) is 0 Å². The van der Waals surface area contributed by atoms with Gasteiger partial charge in [0, 0.05) is 29.4 Å². The van der Waals surface area contributed by atoms with Crippen molar-refractivity contribution in [2.45, 2.75) is 17.9 Å². The fourth-order valence-electron chi connectivity index (χ4n) is 2.69. The second kappa shape index (κ2) is 7.65. The number of nitrogens with zero attached hydrogens (tertiary/aromatic N) is 1. The van der Waals surface area contributed by atoms with Gasteiger partial charge in [0.05, 0.1) is 17.6 Å². The summed E-state index contributed by atoms with van der Waals surface area (Å²) in [5.74, 6) is -0.0905. The lowest BCUT2D eigenvalue weighted by Gasteiger charge is -2.31. The number of ether oxygens (including phenoxy) is 1. The molecule has 0 bridgehead atoms. The average molecular weight is 395 g/mol. The van der Waals surface area contributed by atoms with E-state index in [2.05, 4.69) is 4.72 Å². The SMILES string of the molecule is CC1CN(C(=O)c2ccc(NS(=O)(=O)c3ccc(Cl)cc3)cc2)CCO1. The molecular weight excluding hydrogens is 376 g/mol. The number of morpholine rings is 1. The number of hydrogen-bond acceptors (Lipinski definition) is 4. The van der Waals surface area contributed by atoms with Crippen LogP contribution in [0.1, 0.15) is 17.3 Å². The number of benzene rings is 2. The van der Waals surface area contributed by atoms with Gasteiger partial charge in [0.15, 0.2) is 0 Å². The molecule has 1 aliphatic heterocycles. The highest BCUT2D eigenvalue weighted by molar-refractivity contribution is 7.92. The molecule has 0 aliphatic carbocycles. The topological polar surface area (TPSA) is 75.7 Å². The van der Waals surface area contributed by atoms with E-state index < -0.39 is 10.0 Å². The molecule has 1 N–H and O–H groups in total. The molecule has 2 aromatic carbocycles. The summed E-state index contributed by atoms with van der Waals surface area (Å²) < 4.78 is 32.7. The molecule has 0 aromatic heterocycles. The number of halogens is 1. The highest BCUT2D eigenvalue weighted by atomic mass is 35.5. The maximum absolute atomic E-state index is 12.5. The van der Waals surface area contributed by atoms with Gasteiger partial charge in [-0.25, -0.2) is 8.42 Å². The third-order valence-corrected chi connectivity index (χ3v) is 5.69. The number of amides is 1. The van der Waals surface area contributed by atoms with E-state index in [1.54, 1.807) is 29.2 Å². The molecule has 6 nitrogen and oxygen atoms in total. The molecule has 1 heterocycles. The van der Waals surface area contributed by atoms with Gasteiger partial charge in [0.2, 0.25) is 0 Å². The predicted octanol–water partition coefficient (Wildman–Crippen LogP) is 3.00. The Balaban J connectivity index is 1.71. The number of nitrogens with one attached hydrogen (secondary N) is 1. The van der Waals surface area contributed by atoms with Crippen molar-refractivity contribution in [1.82, 2.24) is 4.90 Å². The van der Waals surface area contributed by atoms with Crippen molar-refractivity contribution in [3.63, 3.8) is 0 Å². The Morgan fingerprint density at radius 1 is 1.15 bits per heavy atom. The quantitative estimate of drug-likeness (QED) is 0.864. The zero-order chi connectivity index (χ0) is 18.7. The van der Waals surface area contributed by atoms with Gasteiger partial charge in [-0.15, -0.1) is 0 Å². The van der Waals surface area contributed by atoms with Crippen molar-refractivity contribution in [1.29, 1.82) is 0 Å². The van der Waals surface area contributed by atoms with Crippen LogP contribution in [-0.4, -0.2) is 45.0 Å². The average Bonchev–Trinajstić information content (AvgIpc) is 2.62. The zero-order valence-corrected chi connectivity index (χ0v) is 15.8. The van der Waals surface area contributed by atoms with Crippen molar-refractivity contribution >= 4 is 33.2 Å². The summed E-state index contributed by atoms with van der Waals surface area (Å²) in [5.41, 5.74) is 0.889. The number of carbonyl (C=O) groups is 1. The lowest BCUT2D eigenvalue weighted by Crippen LogP contribution is -2.44. The Morgan fingerprint density at radius 3 is 2.42 bits per heavy atom. The molecule has 1 saturated heterocycles. The summed E-state index contributed by atoms with van der Waals surface area (Å²) in [4.78, 5) is 14.4. The van der Waals surface area contributed by atoms with Crippen molar-refractivity contribution in [2.75, 3.05) is 24.4 Å². The summed E-state index contributed by atoms with van der Waals surface area (Å²) in [7, 11) is -3.71. The van der Waals surface area contributed by atoms with Gasteiger partial charge >= 0.3 is 0 Å². The maximum atomic E-state index is 12.5. The summed E-state index contributed by atoms with van der Waals surface area (Å²) in [5, 5.41) is 0.462. The minimum Gasteiger partial charge on any atom is -0.375 e. The highest BCUT2D eigenvalue weighted by Gasteiger charge is 2.22. The first-order valence-corrected chi connectivity index (χ1v) is 10.0.